The van der Waals surface area contributed by atoms with Crippen LogP contribution in [0.25, 0.3) is 11.0 Å². The number of carboxylic acids is 1. The number of aromatic carboxylic acids is 1. The number of rotatable bonds is 4. The number of fused-ring (bicyclic) bond motifs is 1. The first-order chi connectivity index (χ1) is 9.25. The van der Waals surface area contributed by atoms with Crippen molar-refractivity contribution < 1.29 is 9.90 Å². The molecule has 0 spiro atoms. The highest BCUT2D eigenvalue weighted by Crippen LogP contribution is 2.17. The third-order valence-corrected chi connectivity index (χ3v) is 3.86. The van der Waals surface area contributed by atoms with Gasteiger partial charge in [0.05, 0.1) is 11.1 Å². The predicted molar refractivity (Wildman–Crippen MR) is 72.5 cm³/mol. The Hall–Kier alpha value is -2.21. The van der Waals surface area contributed by atoms with E-state index in [0.29, 0.717) is 12.1 Å². The van der Waals surface area contributed by atoms with Gasteiger partial charge in [-0.05, 0) is 23.6 Å². The van der Waals surface area contributed by atoms with Crippen molar-refractivity contribution in [1.82, 2.24) is 15.0 Å². The normalized spacial score (nSPS) is 10.9. The molecule has 0 aliphatic rings. The molecule has 0 unspecified atom stereocenters. The fourth-order valence-corrected chi connectivity index (χ4v) is 2.70. The second kappa shape index (κ2) is 4.81. The van der Waals surface area contributed by atoms with Crippen LogP contribution in [0.1, 0.15) is 15.2 Å². The van der Waals surface area contributed by atoms with Crippen molar-refractivity contribution in [1.29, 1.82) is 0 Å². The van der Waals surface area contributed by atoms with Gasteiger partial charge in [-0.2, -0.15) is 0 Å². The molecule has 1 aromatic carbocycles. The van der Waals surface area contributed by atoms with Crippen molar-refractivity contribution in [3.05, 3.63) is 46.2 Å². The summed E-state index contributed by atoms with van der Waals surface area (Å²) in [6, 6.07) is 9.20. The van der Waals surface area contributed by atoms with Gasteiger partial charge in [0.15, 0.2) is 0 Å². The summed E-state index contributed by atoms with van der Waals surface area (Å²) < 4.78 is 1.75. The van der Waals surface area contributed by atoms with Gasteiger partial charge in [-0.25, -0.2) is 9.48 Å². The van der Waals surface area contributed by atoms with Gasteiger partial charge in [-0.15, -0.1) is 16.4 Å². The van der Waals surface area contributed by atoms with Crippen LogP contribution in [0.5, 0.6) is 0 Å². The van der Waals surface area contributed by atoms with Crippen LogP contribution in [0, 0.1) is 0 Å². The third kappa shape index (κ3) is 2.22. The number of aromatic nitrogens is 3. The number of hydrogen-bond acceptors (Lipinski definition) is 4. The summed E-state index contributed by atoms with van der Waals surface area (Å²) in [7, 11) is 0. The number of carbonyl (C=O) groups is 1. The minimum Gasteiger partial charge on any atom is -0.478 e. The highest BCUT2D eigenvalue weighted by atomic mass is 32.1. The van der Waals surface area contributed by atoms with Crippen LogP contribution in [0.2, 0.25) is 0 Å². The second-order valence-corrected chi connectivity index (χ2v) is 5.15. The van der Waals surface area contributed by atoms with Crippen molar-refractivity contribution in [3.8, 4) is 0 Å². The van der Waals surface area contributed by atoms with Gasteiger partial charge in [-0.1, -0.05) is 17.3 Å². The Morgan fingerprint density at radius 1 is 1.32 bits per heavy atom. The van der Waals surface area contributed by atoms with Gasteiger partial charge in [0.1, 0.15) is 5.52 Å². The molecule has 0 saturated carbocycles. The summed E-state index contributed by atoms with van der Waals surface area (Å²) in [5, 5.41) is 19.2. The quantitative estimate of drug-likeness (QED) is 0.792. The van der Waals surface area contributed by atoms with Gasteiger partial charge >= 0.3 is 5.97 Å². The summed E-state index contributed by atoms with van der Waals surface area (Å²) in [6.07, 6.45) is 0.868. The largest absolute Gasteiger partial charge is 0.478 e. The zero-order valence-corrected chi connectivity index (χ0v) is 10.8. The van der Waals surface area contributed by atoms with Crippen molar-refractivity contribution >= 4 is 28.3 Å². The molecule has 2 aromatic heterocycles. The van der Waals surface area contributed by atoms with Gasteiger partial charge in [0.25, 0.3) is 0 Å². The van der Waals surface area contributed by atoms with E-state index in [-0.39, 0.29) is 5.56 Å². The first-order valence-corrected chi connectivity index (χ1v) is 6.71. The molecule has 2 heterocycles. The van der Waals surface area contributed by atoms with Crippen molar-refractivity contribution in [2.24, 2.45) is 0 Å². The maximum atomic E-state index is 11.1. The topological polar surface area (TPSA) is 68.0 Å². The van der Waals surface area contributed by atoms with E-state index in [1.54, 1.807) is 28.2 Å². The smallest absolute Gasteiger partial charge is 0.338 e. The highest BCUT2D eigenvalue weighted by Gasteiger charge is 2.13. The van der Waals surface area contributed by atoms with Crippen LogP contribution >= 0.6 is 11.3 Å². The molecule has 0 atom stereocenters. The van der Waals surface area contributed by atoms with E-state index in [4.69, 9.17) is 5.11 Å². The lowest BCUT2D eigenvalue weighted by Gasteiger charge is -2.01. The van der Waals surface area contributed by atoms with Crippen LogP contribution in [0.4, 0.5) is 0 Å². The van der Waals surface area contributed by atoms with E-state index in [0.717, 1.165) is 11.9 Å². The molecule has 19 heavy (non-hydrogen) atoms. The molecule has 5 nitrogen and oxygen atoms in total. The molecule has 6 heteroatoms. The summed E-state index contributed by atoms with van der Waals surface area (Å²) in [6.45, 7) is 0.695. The van der Waals surface area contributed by atoms with Crippen LogP contribution < -0.4 is 0 Å². The second-order valence-electron chi connectivity index (χ2n) is 4.12. The maximum absolute atomic E-state index is 11.1. The third-order valence-electron chi connectivity index (χ3n) is 2.93. The van der Waals surface area contributed by atoms with Crippen molar-refractivity contribution in [2.75, 3.05) is 0 Å². The fraction of sp³-hybridized carbons (Fsp3) is 0.154. The first-order valence-electron chi connectivity index (χ1n) is 5.83. The minimum absolute atomic E-state index is 0.194. The summed E-state index contributed by atoms with van der Waals surface area (Å²) in [4.78, 5) is 12.4. The first kappa shape index (κ1) is 11.9. The Morgan fingerprint density at radius 2 is 2.21 bits per heavy atom. The Kier molecular flexibility index (Phi) is 3.00. The molecule has 3 rings (SSSR count). The maximum Gasteiger partial charge on any atom is 0.338 e. The van der Waals surface area contributed by atoms with E-state index >= 15 is 0 Å². The summed E-state index contributed by atoms with van der Waals surface area (Å²) in [5.74, 6) is -0.976. The zero-order chi connectivity index (χ0) is 13.2. The minimum atomic E-state index is -0.976. The van der Waals surface area contributed by atoms with Gasteiger partial charge in [0.2, 0.25) is 0 Å². The molecule has 0 fully saturated rings. The lowest BCUT2D eigenvalue weighted by Crippen LogP contribution is -2.02. The van der Waals surface area contributed by atoms with E-state index in [2.05, 4.69) is 16.4 Å². The molecular weight excluding hydrogens is 262 g/mol. The molecule has 3 aromatic rings. The van der Waals surface area contributed by atoms with Gasteiger partial charge < -0.3 is 5.11 Å². The van der Waals surface area contributed by atoms with E-state index in [9.17, 15) is 4.79 Å². The fourth-order valence-electron chi connectivity index (χ4n) is 2.00. The average Bonchev–Trinajstić information content (AvgIpc) is 3.05. The number of hydrogen-bond donors (Lipinski definition) is 1. The number of aryl methyl sites for hydroxylation is 2. The van der Waals surface area contributed by atoms with Crippen LogP contribution in [-0.4, -0.2) is 26.1 Å². The zero-order valence-electron chi connectivity index (χ0n) is 9.98. The molecule has 0 saturated heterocycles. The molecule has 0 amide bonds. The standard InChI is InChI=1S/C13H11N3O2S/c17-13(18)10-4-1-5-11-12(10)14-15-16(11)7-6-9-3-2-8-19-9/h1-5,8H,6-7H2,(H,17,18). The monoisotopic (exact) mass is 273 g/mol. The SMILES string of the molecule is O=C(O)c1cccc2c1nnn2CCc1cccs1. The molecule has 0 aliphatic heterocycles. The molecule has 0 bridgehead atoms. The number of carboxylic acid groups (broad SMARTS) is 1. The molecule has 1 N–H and O–H groups in total. The van der Waals surface area contributed by atoms with Crippen molar-refractivity contribution in [3.63, 3.8) is 0 Å². The van der Waals surface area contributed by atoms with Crippen LogP contribution in [0.3, 0.4) is 0 Å². The van der Waals surface area contributed by atoms with Gasteiger partial charge in [-0.3, -0.25) is 0 Å². The van der Waals surface area contributed by atoms with E-state index < -0.39 is 5.97 Å². The van der Waals surface area contributed by atoms with Crippen LogP contribution in [0.15, 0.2) is 35.7 Å². The van der Waals surface area contributed by atoms with E-state index in [1.807, 2.05) is 17.5 Å². The van der Waals surface area contributed by atoms with E-state index in [1.165, 1.54) is 4.88 Å². The predicted octanol–water partition coefficient (Wildman–Crippen LogP) is 2.43. The molecule has 0 radical (unpaired) electrons. The number of thiophene rings is 1. The Bertz CT molecular complexity index is 719. The Labute approximate surface area is 113 Å². The summed E-state index contributed by atoms with van der Waals surface area (Å²) in [5.41, 5.74) is 1.40. The number of benzene rings is 1. The van der Waals surface area contributed by atoms with Crippen molar-refractivity contribution in [2.45, 2.75) is 13.0 Å². The molecular formula is C13H11N3O2S. The van der Waals surface area contributed by atoms with Crippen LogP contribution in [-0.2, 0) is 13.0 Å². The molecule has 0 aliphatic carbocycles. The lowest BCUT2D eigenvalue weighted by atomic mass is 10.2. The Morgan fingerprint density at radius 3 is 2.95 bits per heavy atom. The average molecular weight is 273 g/mol. The van der Waals surface area contributed by atoms with Gasteiger partial charge in [0, 0.05) is 17.8 Å². The molecule has 96 valence electrons. The summed E-state index contributed by atoms with van der Waals surface area (Å²) >= 11 is 1.70. The lowest BCUT2D eigenvalue weighted by molar-refractivity contribution is 0.0699. The Balaban J connectivity index is 1.92. The highest BCUT2D eigenvalue weighted by molar-refractivity contribution is 7.09. The number of nitrogens with zero attached hydrogens (tertiary/aromatic N) is 3.